The minimum absolute atomic E-state index is 0.0398. The average Bonchev–Trinajstić information content (AvgIpc) is 2.62. The molecular formula is C20H17NO4. The molecule has 0 saturated heterocycles. The van der Waals surface area contributed by atoms with Gasteiger partial charge in [-0.1, -0.05) is 48.0 Å². The standard InChI is InChI=1S/C20H17NO4/c1-13-9-10-18(22)16(11-13)20(24)25-12-19(23)21-17-8-4-6-14-5-2-3-7-15(14)17/h2-11,22H,12H2,1H3,(H,21,23). The fourth-order valence-electron chi connectivity index (χ4n) is 2.54. The van der Waals surface area contributed by atoms with Crippen molar-refractivity contribution in [3.8, 4) is 5.75 Å². The number of hydrogen-bond acceptors (Lipinski definition) is 4. The minimum atomic E-state index is -0.741. The first-order valence-corrected chi connectivity index (χ1v) is 7.79. The van der Waals surface area contributed by atoms with Gasteiger partial charge < -0.3 is 15.2 Å². The van der Waals surface area contributed by atoms with Crippen molar-refractivity contribution in [2.24, 2.45) is 0 Å². The summed E-state index contributed by atoms with van der Waals surface area (Å²) in [5.41, 5.74) is 1.50. The third-order valence-corrected chi connectivity index (χ3v) is 3.77. The number of amides is 1. The Kier molecular flexibility index (Phi) is 4.66. The number of rotatable bonds is 4. The summed E-state index contributed by atoms with van der Waals surface area (Å²) < 4.78 is 5.00. The van der Waals surface area contributed by atoms with Gasteiger partial charge in [0, 0.05) is 11.1 Å². The second-order valence-corrected chi connectivity index (χ2v) is 5.67. The van der Waals surface area contributed by atoms with Crippen molar-refractivity contribution in [3.05, 3.63) is 71.8 Å². The Hall–Kier alpha value is -3.34. The van der Waals surface area contributed by atoms with E-state index in [9.17, 15) is 14.7 Å². The van der Waals surface area contributed by atoms with Crippen molar-refractivity contribution in [2.75, 3.05) is 11.9 Å². The molecule has 2 N–H and O–H groups in total. The van der Waals surface area contributed by atoms with Gasteiger partial charge in [-0.05, 0) is 30.5 Å². The molecule has 0 unspecified atom stereocenters. The molecule has 5 nitrogen and oxygen atoms in total. The van der Waals surface area contributed by atoms with Crippen LogP contribution in [0.25, 0.3) is 10.8 Å². The maximum absolute atomic E-state index is 12.1. The molecule has 0 aromatic heterocycles. The second kappa shape index (κ2) is 7.05. The number of fused-ring (bicyclic) bond motifs is 1. The number of anilines is 1. The summed E-state index contributed by atoms with van der Waals surface area (Å²) in [5, 5.41) is 14.4. The van der Waals surface area contributed by atoms with Crippen LogP contribution >= 0.6 is 0 Å². The third kappa shape index (κ3) is 3.77. The lowest BCUT2D eigenvalue weighted by atomic mass is 10.1. The van der Waals surface area contributed by atoms with Crippen LogP contribution < -0.4 is 5.32 Å². The van der Waals surface area contributed by atoms with Crippen LogP contribution in [-0.2, 0) is 9.53 Å². The molecule has 0 bridgehead atoms. The fraction of sp³-hybridized carbons (Fsp3) is 0.100. The highest BCUT2D eigenvalue weighted by Gasteiger charge is 2.15. The molecule has 3 aromatic carbocycles. The van der Waals surface area contributed by atoms with E-state index in [-0.39, 0.29) is 11.3 Å². The van der Waals surface area contributed by atoms with Gasteiger partial charge in [-0.25, -0.2) is 4.79 Å². The fourth-order valence-corrected chi connectivity index (χ4v) is 2.54. The second-order valence-electron chi connectivity index (χ2n) is 5.67. The predicted molar refractivity (Wildman–Crippen MR) is 95.7 cm³/mol. The molecule has 0 atom stereocenters. The first-order chi connectivity index (χ1) is 12.0. The molecule has 0 aliphatic rings. The number of esters is 1. The van der Waals surface area contributed by atoms with Gasteiger partial charge in [-0.2, -0.15) is 0 Å². The number of aryl methyl sites for hydroxylation is 1. The third-order valence-electron chi connectivity index (χ3n) is 3.77. The van der Waals surface area contributed by atoms with Crippen molar-refractivity contribution in [3.63, 3.8) is 0 Å². The lowest BCUT2D eigenvalue weighted by Gasteiger charge is -2.10. The van der Waals surface area contributed by atoms with Crippen molar-refractivity contribution in [1.82, 2.24) is 0 Å². The van der Waals surface area contributed by atoms with Crippen molar-refractivity contribution in [2.45, 2.75) is 6.92 Å². The number of phenols is 1. The van der Waals surface area contributed by atoms with E-state index >= 15 is 0 Å². The summed E-state index contributed by atoms with van der Waals surface area (Å²) in [7, 11) is 0. The molecule has 0 saturated carbocycles. The Balaban J connectivity index is 1.66. The SMILES string of the molecule is Cc1ccc(O)c(C(=O)OCC(=O)Nc2cccc3ccccc23)c1. The van der Waals surface area contributed by atoms with E-state index in [1.54, 1.807) is 19.1 Å². The molecule has 0 spiro atoms. The number of carbonyl (C=O) groups excluding carboxylic acids is 2. The predicted octanol–water partition coefficient (Wildman–Crippen LogP) is 3.65. The van der Waals surface area contributed by atoms with E-state index in [2.05, 4.69) is 5.32 Å². The number of aromatic hydroxyl groups is 1. The van der Waals surface area contributed by atoms with E-state index in [1.807, 2.05) is 36.4 Å². The Morgan fingerprint density at radius 2 is 1.80 bits per heavy atom. The Morgan fingerprint density at radius 1 is 1.04 bits per heavy atom. The van der Waals surface area contributed by atoms with Crippen LogP contribution in [0, 0.1) is 6.92 Å². The average molecular weight is 335 g/mol. The number of benzene rings is 3. The van der Waals surface area contributed by atoms with Gasteiger partial charge in [0.2, 0.25) is 0 Å². The highest BCUT2D eigenvalue weighted by atomic mass is 16.5. The summed E-state index contributed by atoms with van der Waals surface area (Å²) >= 11 is 0. The zero-order valence-electron chi connectivity index (χ0n) is 13.7. The van der Waals surface area contributed by atoms with Crippen LogP contribution in [0.1, 0.15) is 15.9 Å². The molecule has 0 aliphatic carbocycles. The van der Waals surface area contributed by atoms with Gasteiger partial charge in [0.25, 0.3) is 5.91 Å². The molecule has 0 aliphatic heterocycles. The molecule has 3 aromatic rings. The van der Waals surface area contributed by atoms with Crippen LogP contribution in [0.4, 0.5) is 5.69 Å². The van der Waals surface area contributed by atoms with Crippen molar-refractivity contribution in [1.29, 1.82) is 0 Å². The number of nitrogens with one attached hydrogen (secondary N) is 1. The molecular weight excluding hydrogens is 318 g/mol. The first-order valence-electron chi connectivity index (χ1n) is 7.79. The van der Waals surface area contributed by atoms with Gasteiger partial charge >= 0.3 is 5.97 Å². The van der Waals surface area contributed by atoms with E-state index in [0.29, 0.717) is 5.69 Å². The Morgan fingerprint density at radius 3 is 2.64 bits per heavy atom. The van der Waals surface area contributed by atoms with Crippen molar-refractivity contribution < 1.29 is 19.4 Å². The maximum atomic E-state index is 12.1. The Labute approximate surface area is 144 Å². The highest BCUT2D eigenvalue weighted by molar-refractivity contribution is 6.03. The molecule has 1 amide bonds. The van der Waals surface area contributed by atoms with Gasteiger partial charge in [-0.3, -0.25) is 4.79 Å². The monoisotopic (exact) mass is 335 g/mol. The van der Waals surface area contributed by atoms with Crippen molar-refractivity contribution >= 4 is 28.3 Å². The number of ether oxygens (including phenoxy) is 1. The summed E-state index contributed by atoms with van der Waals surface area (Å²) in [4.78, 5) is 24.1. The van der Waals surface area contributed by atoms with E-state index in [1.165, 1.54) is 12.1 Å². The Bertz CT molecular complexity index is 944. The zero-order chi connectivity index (χ0) is 17.8. The van der Waals surface area contributed by atoms with E-state index < -0.39 is 18.5 Å². The van der Waals surface area contributed by atoms with Crippen LogP contribution in [0.5, 0.6) is 5.75 Å². The van der Waals surface area contributed by atoms with Crippen LogP contribution in [0.15, 0.2) is 60.7 Å². The van der Waals surface area contributed by atoms with Gasteiger partial charge in [0.1, 0.15) is 11.3 Å². The number of hydrogen-bond donors (Lipinski definition) is 2. The zero-order valence-corrected chi connectivity index (χ0v) is 13.7. The smallest absolute Gasteiger partial charge is 0.342 e. The van der Waals surface area contributed by atoms with E-state index in [4.69, 9.17) is 4.74 Å². The number of phenolic OH excluding ortho intramolecular Hbond substituents is 1. The van der Waals surface area contributed by atoms with Gasteiger partial charge in [0.15, 0.2) is 6.61 Å². The lowest BCUT2D eigenvalue weighted by Crippen LogP contribution is -2.21. The summed E-state index contributed by atoms with van der Waals surface area (Å²) in [5.74, 6) is -1.36. The van der Waals surface area contributed by atoms with Gasteiger partial charge in [-0.15, -0.1) is 0 Å². The minimum Gasteiger partial charge on any atom is -0.507 e. The van der Waals surface area contributed by atoms with E-state index in [0.717, 1.165) is 16.3 Å². The van der Waals surface area contributed by atoms with Crippen LogP contribution in [0.2, 0.25) is 0 Å². The maximum Gasteiger partial charge on any atom is 0.342 e. The van der Waals surface area contributed by atoms with Crippen LogP contribution in [-0.4, -0.2) is 23.6 Å². The molecule has 5 heteroatoms. The highest BCUT2D eigenvalue weighted by Crippen LogP contribution is 2.23. The molecule has 0 fully saturated rings. The summed E-state index contributed by atoms with van der Waals surface area (Å²) in [6.45, 7) is 1.36. The molecule has 126 valence electrons. The quantitative estimate of drug-likeness (QED) is 0.714. The molecule has 25 heavy (non-hydrogen) atoms. The summed E-state index contributed by atoms with van der Waals surface area (Å²) in [6, 6.07) is 17.9. The topological polar surface area (TPSA) is 75.6 Å². The molecule has 0 heterocycles. The number of carbonyl (C=O) groups is 2. The first kappa shape index (κ1) is 16.5. The normalized spacial score (nSPS) is 10.4. The summed E-state index contributed by atoms with van der Waals surface area (Å²) in [6.07, 6.45) is 0. The van der Waals surface area contributed by atoms with Gasteiger partial charge in [0.05, 0.1) is 0 Å². The lowest BCUT2D eigenvalue weighted by molar-refractivity contribution is -0.119. The van der Waals surface area contributed by atoms with Crippen LogP contribution in [0.3, 0.4) is 0 Å². The largest absolute Gasteiger partial charge is 0.507 e. The molecule has 0 radical (unpaired) electrons. The molecule has 3 rings (SSSR count).